The third-order valence-corrected chi connectivity index (χ3v) is 2.81. The summed E-state index contributed by atoms with van der Waals surface area (Å²) in [4.78, 5) is 22.6. The lowest BCUT2D eigenvalue weighted by Gasteiger charge is -2.09. The molecular formula is C13H14O3. The van der Waals surface area contributed by atoms with Gasteiger partial charge in [0.1, 0.15) is 5.78 Å². The van der Waals surface area contributed by atoms with Crippen molar-refractivity contribution in [2.75, 3.05) is 6.61 Å². The molecule has 3 heteroatoms. The lowest BCUT2D eigenvalue weighted by Crippen LogP contribution is -2.12. The van der Waals surface area contributed by atoms with Gasteiger partial charge in [-0.1, -0.05) is 18.2 Å². The average Bonchev–Trinajstić information content (AvgIpc) is 2.73. The Morgan fingerprint density at radius 2 is 2.06 bits per heavy atom. The zero-order chi connectivity index (χ0) is 11.4. The minimum Gasteiger partial charge on any atom is -0.462 e. The fourth-order valence-electron chi connectivity index (χ4n) is 1.88. The smallest absolute Gasteiger partial charge is 0.338 e. The lowest BCUT2D eigenvalue weighted by molar-refractivity contribution is -0.117. The zero-order valence-corrected chi connectivity index (χ0v) is 9.02. The van der Waals surface area contributed by atoms with E-state index in [9.17, 15) is 9.59 Å². The molecule has 0 amide bonds. The van der Waals surface area contributed by atoms with Gasteiger partial charge in [0.2, 0.25) is 0 Å². The Balaban J connectivity index is 1.82. The summed E-state index contributed by atoms with van der Waals surface area (Å²) < 4.78 is 5.17. The van der Waals surface area contributed by atoms with Crippen LogP contribution in [-0.4, -0.2) is 18.4 Å². The number of Topliss-reactive ketones (excluding diaryl/α,β-unsaturated/α-hetero) is 1. The summed E-state index contributed by atoms with van der Waals surface area (Å²) in [6, 6.07) is 8.90. The third kappa shape index (κ3) is 2.69. The van der Waals surface area contributed by atoms with Crippen LogP contribution >= 0.6 is 0 Å². The van der Waals surface area contributed by atoms with Crippen molar-refractivity contribution in [1.29, 1.82) is 0 Å². The van der Waals surface area contributed by atoms with Gasteiger partial charge in [-0.05, 0) is 18.6 Å². The number of hydrogen-bond acceptors (Lipinski definition) is 3. The van der Waals surface area contributed by atoms with Crippen molar-refractivity contribution in [2.45, 2.75) is 19.3 Å². The number of rotatable bonds is 3. The summed E-state index contributed by atoms with van der Waals surface area (Å²) >= 11 is 0. The van der Waals surface area contributed by atoms with Gasteiger partial charge in [-0.3, -0.25) is 4.79 Å². The predicted octanol–water partition coefficient (Wildman–Crippen LogP) is 2.21. The summed E-state index contributed by atoms with van der Waals surface area (Å²) in [5.41, 5.74) is 0.562. The maximum atomic E-state index is 11.6. The van der Waals surface area contributed by atoms with Gasteiger partial charge in [0, 0.05) is 18.8 Å². The minimum absolute atomic E-state index is 0.222. The summed E-state index contributed by atoms with van der Waals surface area (Å²) in [7, 11) is 0. The Bertz CT molecular complexity index is 383. The van der Waals surface area contributed by atoms with E-state index in [1.807, 2.05) is 6.07 Å². The summed E-state index contributed by atoms with van der Waals surface area (Å²) in [6.45, 7) is 0.361. The second-order valence-corrected chi connectivity index (χ2v) is 4.11. The Kier molecular flexibility index (Phi) is 3.34. The number of hydrogen-bond donors (Lipinski definition) is 0. The highest BCUT2D eigenvalue weighted by Gasteiger charge is 2.23. The van der Waals surface area contributed by atoms with Crippen molar-refractivity contribution in [2.24, 2.45) is 5.92 Å². The van der Waals surface area contributed by atoms with Crippen molar-refractivity contribution in [3.63, 3.8) is 0 Å². The molecule has 0 aliphatic heterocycles. The van der Waals surface area contributed by atoms with Crippen LogP contribution in [0.2, 0.25) is 0 Å². The second-order valence-electron chi connectivity index (χ2n) is 4.11. The summed E-state index contributed by atoms with van der Waals surface area (Å²) in [5.74, 6) is 0.195. The summed E-state index contributed by atoms with van der Waals surface area (Å²) in [6.07, 6.45) is 2.04. The van der Waals surface area contributed by atoms with Gasteiger partial charge in [-0.25, -0.2) is 4.79 Å². The number of esters is 1. The maximum Gasteiger partial charge on any atom is 0.338 e. The molecular weight excluding hydrogens is 204 g/mol. The topological polar surface area (TPSA) is 43.4 Å². The second kappa shape index (κ2) is 4.92. The first kappa shape index (κ1) is 10.9. The van der Waals surface area contributed by atoms with Crippen LogP contribution in [0, 0.1) is 5.92 Å². The van der Waals surface area contributed by atoms with E-state index in [-0.39, 0.29) is 17.7 Å². The quantitative estimate of drug-likeness (QED) is 0.730. The highest BCUT2D eigenvalue weighted by molar-refractivity contribution is 5.89. The number of carbonyl (C=O) groups is 2. The van der Waals surface area contributed by atoms with Crippen LogP contribution < -0.4 is 0 Å². The lowest BCUT2D eigenvalue weighted by atomic mass is 10.1. The van der Waals surface area contributed by atoms with E-state index in [2.05, 4.69) is 0 Å². The van der Waals surface area contributed by atoms with E-state index in [0.717, 1.165) is 6.42 Å². The molecule has 1 aromatic carbocycles. The Labute approximate surface area is 94.4 Å². The molecule has 84 valence electrons. The van der Waals surface area contributed by atoms with Gasteiger partial charge < -0.3 is 4.74 Å². The maximum absolute atomic E-state index is 11.6. The molecule has 2 rings (SSSR count). The van der Waals surface area contributed by atoms with Crippen molar-refractivity contribution in [1.82, 2.24) is 0 Å². The Morgan fingerprint density at radius 3 is 2.69 bits per heavy atom. The molecule has 1 aromatic rings. The molecule has 1 fully saturated rings. The first-order valence-electron chi connectivity index (χ1n) is 5.49. The fraction of sp³-hybridized carbons (Fsp3) is 0.385. The van der Waals surface area contributed by atoms with Crippen LogP contribution in [0.1, 0.15) is 29.6 Å². The standard InChI is InChI=1S/C13H14O3/c14-12-7-6-10(8-12)9-16-13(15)11-4-2-1-3-5-11/h1-5,10H,6-9H2/t10-/m1/s1. The Morgan fingerprint density at radius 1 is 1.31 bits per heavy atom. The molecule has 0 heterocycles. The van der Waals surface area contributed by atoms with Gasteiger partial charge in [-0.2, -0.15) is 0 Å². The molecule has 0 unspecified atom stereocenters. The average molecular weight is 218 g/mol. The Hall–Kier alpha value is -1.64. The molecule has 0 bridgehead atoms. The van der Waals surface area contributed by atoms with Crippen LogP contribution in [0.3, 0.4) is 0 Å². The van der Waals surface area contributed by atoms with Crippen molar-refractivity contribution >= 4 is 11.8 Å². The van der Waals surface area contributed by atoms with Crippen LogP contribution in [0.15, 0.2) is 30.3 Å². The van der Waals surface area contributed by atoms with Gasteiger partial charge >= 0.3 is 5.97 Å². The molecule has 0 saturated heterocycles. The molecule has 1 aliphatic rings. The van der Waals surface area contributed by atoms with Crippen LogP contribution in [-0.2, 0) is 9.53 Å². The van der Waals surface area contributed by atoms with Crippen molar-refractivity contribution < 1.29 is 14.3 Å². The summed E-state index contributed by atoms with van der Waals surface area (Å²) in [5, 5.41) is 0. The molecule has 3 nitrogen and oxygen atoms in total. The van der Waals surface area contributed by atoms with E-state index in [0.29, 0.717) is 25.0 Å². The van der Waals surface area contributed by atoms with Gasteiger partial charge in [0.05, 0.1) is 12.2 Å². The highest BCUT2D eigenvalue weighted by atomic mass is 16.5. The highest BCUT2D eigenvalue weighted by Crippen LogP contribution is 2.22. The monoisotopic (exact) mass is 218 g/mol. The molecule has 1 atom stereocenters. The van der Waals surface area contributed by atoms with E-state index < -0.39 is 0 Å². The molecule has 1 aliphatic carbocycles. The van der Waals surface area contributed by atoms with Crippen molar-refractivity contribution in [3.8, 4) is 0 Å². The van der Waals surface area contributed by atoms with E-state index in [1.54, 1.807) is 24.3 Å². The largest absolute Gasteiger partial charge is 0.462 e. The molecule has 0 radical (unpaired) electrons. The van der Waals surface area contributed by atoms with Gasteiger partial charge in [-0.15, -0.1) is 0 Å². The normalized spacial score (nSPS) is 19.8. The van der Waals surface area contributed by atoms with Crippen LogP contribution in [0.5, 0.6) is 0 Å². The first-order chi connectivity index (χ1) is 7.75. The predicted molar refractivity (Wildman–Crippen MR) is 59.1 cm³/mol. The van der Waals surface area contributed by atoms with Gasteiger partial charge in [0.15, 0.2) is 0 Å². The molecule has 0 spiro atoms. The number of benzene rings is 1. The first-order valence-corrected chi connectivity index (χ1v) is 5.49. The van der Waals surface area contributed by atoms with E-state index in [1.165, 1.54) is 0 Å². The molecule has 1 saturated carbocycles. The van der Waals surface area contributed by atoms with Crippen LogP contribution in [0.4, 0.5) is 0 Å². The minimum atomic E-state index is -0.306. The van der Waals surface area contributed by atoms with Crippen molar-refractivity contribution in [3.05, 3.63) is 35.9 Å². The van der Waals surface area contributed by atoms with E-state index >= 15 is 0 Å². The zero-order valence-electron chi connectivity index (χ0n) is 9.02. The number of ether oxygens (including phenoxy) is 1. The van der Waals surface area contributed by atoms with Gasteiger partial charge in [0.25, 0.3) is 0 Å². The fourth-order valence-corrected chi connectivity index (χ4v) is 1.88. The molecule has 0 N–H and O–H groups in total. The number of ketones is 1. The molecule has 16 heavy (non-hydrogen) atoms. The van der Waals surface area contributed by atoms with Crippen LogP contribution in [0.25, 0.3) is 0 Å². The SMILES string of the molecule is O=C1CC[C@@H](COC(=O)c2ccccc2)C1. The molecule has 0 aromatic heterocycles. The number of carbonyl (C=O) groups excluding carboxylic acids is 2. The third-order valence-electron chi connectivity index (χ3n) is 2.81. The van der Waals surface area contributed by atoms with E-state index in [4.69, 9.17) is 4.74 Å².